The largest absolute Gasteiger partial charge is 0.462 e. The monoisotopic (exact) mass is 380 g/mol. The maximum atomic E-state index is 12.8. The Bertz CT molecular complexity index is 1030. The number of benzene rings is 2. The standard InChI is InChI=1S/C20H16N2O4S/c1-2-25-20(24)12-7-3-5-9-15(12)21-19(23)17-14-11-27-16-10-6-4-8-13(16)18(14)26-22-17/h3-10H,2,11H2,1H3,(H,21,23). The lowest BCUT2D eigenvalue weighted by Crippen LogP contribution is -2.17. The van der Waals surface area contributed by atoms with Gasteiger partial charge in [-0.3, -0.25) is 4.79 Å². The number of esters is 1. The summed E-state index contributed by atoms with van der Waals surface area (Å²) in [5, 5.41) is 6.74. The average Bonchev–Trinajstić information content (AvgIpc) is 3.13. The zero-order valence-corrected chi connectivity index (χ0v) is 15.3. The fraction of sp³-hybridized carbons (Fsp3) is 0.150. The van der Waals surface area contributed by atoms with Crippen LogP contribution in [0.1, 0.15) is 33.3 Å². The molecule has 0 bridgehead atoms. The fourth-order valence-electron chi connectivity index (χ4n) is 2.92. The van der Waals surface area contributed by atoms with Crippen molar-refractivity contribution in [2.75, 3.05) is 11.9 Å². The first-order chi connectivity index (χ1) is 13.2. The van der Waals surface area contributed by atoms with Crippen molar-refractivity contribution in [3.63, 3.8) is 0 Å². The van der Waals surface area contributed by atoms with Crippen LogP contribution in [-0.4, -0.2) is 23.6 Å². The van der Waals surface area contributed by atoms with Gasteiger partial charge in [0.15, 0.2) is 11.5 Å². The number of ether oxygens (including phenoxy) is 1. The van der Waals surface area contributed by atoms with Gasteiger partial charge in [0.1, 0.15) is 0 Å². The van der Waals surface area contributed by atoms with Gasteiger partial charge in [-0.2, -0.15) is 0 Å². The van der Waals surface area contributed by atoms with E-state index in [1.54, 1.807) is 43.0 Å². The summed E-state index contributed by atoms with van der Waals surface area (Å²) in [6.45, 7) is 1.99. The molecule has 136 valence electrons. The number of amides is 1. The highest BCUT2D eigenvalue weighted by Gasteiger charge is 2.28. The molecule has 1 amide bonds. The third kappa shape index (κ3) is 3.21. The van der Waals surface area contributed by atoms with Gasteiger partial charge in [-0.25, -0.2) is 4.79 Å². The minimum atomic E-state index is -0.486. The van der Waals surface area contributed by atoms with Crippen molar-refractivity contribution in [1.29, 1.82) is 0 Å². The van der Waals surface area contributed by atoms with Crippen molar-refractivity contribution in [3.8, 4) is 11.3 Å². The van der Waals surface area contributed by atoms with E-state index in [4.69, 9.17) is 9.26 Å². The van der Waals surface area contributed by atoms with E-state index in [-0.39, 0.29) is 12.3 Å². The predicted molar refractivity (Wildman–Crippen MR) is 102 cm³/mol. The second-order valence-corrected chi connectivity index (χ2v) is 6.86. The van der Waals surface area contributed by atoms with E-state index in [2.05, 4.69) is 10.5 Å². The Balaban J connectivity index is 1.64. The van der Waals surface area contributed by atoms with Gasteiger partial charge in [-0.05, 0) is 31.2 Å². The summed E-state index contributed by atoms with van der Waals surface area (Å²) in [6.07, 6.45) is 0. The molecule has 1 N–H and O–H groups in total. The number of fused-ring (bicyclic) bond motifs is 3. The maximum absolute atomic E-state index is 12.8. The first kappa shape index (κ1) is 17.4. The molecule has 7 heteroatoms. The molecule has 2 aromatic carbocycles. The molecule has 1 aliphatic heterocycles. The number of aromatic nitrogens is 1. The van der Waals surface area contributed by atoms with Crippen molar-refractivity contribution in [2.24, 2.45) is 0 Å². The Labute approximate surface area is 159 Å². The molecule has 0 unspecified atom stereocenters. The SMILES string of the molecule is CCOC(=O)c1ccccc1NC(=O)c1noc2c1CSc1ccccc1-2. The predicted octanol–water partition coefficient (Wildman–Crippen LogP) is 4.38. The first-order valence-corrected chi connectivity index (χ1v) is 9.46. The molecule has 27 heavy (non-hydrogen) atoms. The Hall–Kier alpha value is -3.06. The molecule has 0 aliphatic carbocycles. The lowest BCUT2D eigenvalue weighted by molar-refractivity contribution is 0.0527. The molecule has 1 aromatic heterocycles. The van der Waals surface area contributed by atoms with Crippen LogP contribution >= 0.6 is 11.8 Å². The number of rotatable bonds is 4. The second kappa shape index (κ2) is 7.28. The minimum absolute atomic E-state index is 0.227. The zero-order chi connectivity index (χ0) is 18.8. The molecule has 1 aliphatic rings. The van der Waals surface area contributed by atoms with Crippen LogP contribution in [0.25, 0.3) is 11.3 Å². The van der Waals surface area contributed by atoms with E-state index in [0.717, 1.165) is 16.0 Å². The number of para-hydroxylation sites is 1. The van der Waals surface area contributed by atoms with Gasteiger partial charge in [0.2, 0.25) is 0 Å². The number of carbonyl (C=O) groups is 2. The summed E-state index contributed by atoms with van der Waals surface area (Å²) in [6, 6.07) is 14.6. The second-order valence-electron chi connectivity index (χ2n) is 5.84. The average molecular weight is 380 g/mol. The highest BCUT2D eigenvalue weighted by Crippen LogP contribution is 2.42. The molecule has 4 rings (SSSR count). The Morgan fingerprint density at radius 3 is 2.81 bits per heavy atom. The molecule has 2 heterocycles. The van der Waals surface area contributed by atoms with Gasteiger partial charge in [0.05, 0.1) is 17.9 Å². The number of anilines is 1. The Morgan fingerprint density at radius 2 is 1.96 bits per heavy atom. The number of hydrogen-bond donors (Lipinski definition) is 1. The van der Waals surface area contributed by atoms with Gasteiger partial charge in [-0.1, -0.05) is 29.4 Å². The highest BCUT2D eigenvalue weighted by molar-refractivity contribution is 7.98. The summed E-state index contributed by atoms with van der Waals surface area (Å²) in [4.78, 5) is 26.0. The quantitative estimate of drug-likeness (QED) is 0.677. The Kier molecular flexibility index (Phi) is 4.68. The number of nitrogens with one attached hydrogen (secondary N) is 1. The normalized spacial score (nSPS) is 12.0. The van der Waals surface area contributed by atoms with Crippen molar-refractivity contribution in [2.45, 2.75) is 17.6 Å². The van der Waals surface area contributed by atoms with E-state index < -0.39 is 11.9 Å². The van der Waals surface area contributed by atoms with Crippen LogP contribution < -0.4 is 5.32 Å². The smallest absolute Gasteiger partial charge is 0.340 e. The third-order valence-electron chi connectivity index (χ3n) is 4.18. The lowest BCUT2D eigenvalue weighted by Gasteiger charge is -2.14. The molecular formula is C20H16N2O4S. The van der Waals surface area contributed by atoms with Crippen LogP contribution in [0.15, 0.2) is 57.9 Å². The van der Waals surface area contributed by atoms with Gasteiger partial charge in [-0.15, -0.1) is 11.8 Å². The summed E-state index contributed by atoms with van der Waals surface area (Å²) in [5.41, 5.74) is 2.59. The van der Waals surface area contributed by atoms with Crippen LogP contribution in [0.3, 0.4) is 0 Å². The summed E-state index contributed by atoms with van der Waals surface area (Å²) < 4.78 is 10.5. The van der Waals surface area contributed by atoms with E-state index in [0.29, 0.717) is 22.8 Å². The molecule has 6 nitrogen and oxygen atoms in total. The summed E-state index contributed by atoms with van der Waals surface area (Å²) in [5.74, 6) is 0.308. The molecule has 3 aromatic rings. The van der Waals surface area contributed by atoms with Crippen molar-refractivity contribution >= 4 is 29.3 Å². The maximum Gasteiger partial charge on any atom is 0.340 e. The number of hydrogen-bond acceptors (Lipinski definition) is 6. The molecule has 0 atom stereocenters. The molecule has 0 saturated heterocycles. The molecular weight excluding hydrogens is 364 g/mol. The minimum Gasteiger partial charge on any atom is -0.462 e. The van der Waals surface area contributed by atoms with E-state index in [1.807, 2.05) is 24.3 Å². The molecule has 0 radical (unpaired) electrons. The topological polar surface area (TPSA) is 81.4 Å². The van der Waals surface area contributed by atoms with Gasteiger partial charge < -0.3 is 14.6 Å². The van der Waals surface area contributed by atoms with Gasteiger partial charge >= 0.3 is 5.97 Å². The van der Waals surface area contributed by atoms with Gasteiger partial charge in [0.25, 0.3) is 5.91 Å². The highest BCUT2D eigenvalue weighted by atomic mass is 32.2. The summed E-state index contributed by atoms with van der Waals surface area (Å²) in [7, 11) is 0. The number of thioether (sulfide) groups is 1. The van der Waals surface area contributed by atoms with Crippen LogP contribution in [0.2, 0.25) is 0 Å². The van der Waals surface area contributed by atoms with Crippen LogP contribution in [0.4, 0.5) is 5.69 Å². The van der Waals surface area contributed by atoms with Crippen molar-refractivity contribution in [1.82, 2.24) is 5.16 Å². The van der Waals surface area contributed by atoms with E-state index >= 15 is 0 Å². The van der Waals surface area contributed by atoms with E-state index in [9.17, 15) is 9.59 Å². The van der Waals surface area contributed by atoms with Crippen molar-refractivity contribution < 1.29 is 18.8 Å². The molecule has 0 saturated carbocycles. The number of nitrogens with zero attached hydrogens (tertiary/aromatic N) is 1. The third-order valence-corrected chi connectivity index (χ3v) is 5.28. The van der Waals surface area contributed by atoms with Gasteiger partial charge in [0, 0.05) is 21.8 Å². The summed E-state index contributed by atoms with van der Waals surface area (Å²) >= 11 is 1.63. The Morgan fingerprint density at radius 1 is 1.19 bits per heavy atom. The first-order valence-electron chi connectivity index (χ1n) is 8.47. The molecule has 0 fully saturated rings. The van der Waals surface area contributed by atoms with E-state index in [1.165, 1.54) is 0 Å². The van der Waals surface area contributed by atoms with Crippen LogP contribution in [0, 0.1) is 0 Å². The zero-order valence-electron chi connectivity index (χ0n) is 14.5. The van der Waals surface area contributed by atoms with Crippen molar-refractivity contribution in [3.05, 3.63) is 65.4 Å². The number of carbonyl (C=O) groups excluding carboxylic acids is 2. The van der Waals surface area contributed by atoms with Crippen LogP contribution in [0.5, 0.6) is 0 Å². The fourth-order valence-corrected chi connectivity index (χ4v) is 3.98. The molecule has 0 spiro atoms. The van der Waals surface area contributed by atoms with Crippen LogP contribution in [-0.2, 0) is 10.5 Å². The lowest BCUT2D eigenvalue weighted by atomic mass is 10.1.